The SMILES string of the molecule is CCn1cc(Br)c(CNC(=O)NC23CC4CC(CC(C4)C2)C3)n1. The summed E-state index contributed by atoms with van der Waals surface area (Å²) in [7, 11) is 0. The normalized spacial score (nSPS) is 34.6. The molecule has 0 atom stereocenters. The van der Waals surface area contributed by atoms with Gasteiger partial charge in [-0.05, 0) is 79.1 Å². The van der Waals surface area contributed by atoms with Crippen LogP contribution in [0.5, 0.6) is 0 Å². The molecule has 2 N–H and O–H groups in total. The highest BCUT2D eigenvalue weighted by molar-refractivity contribution is 9.10. The average Bonchev–Trinajstić information content (AvgIpc) is 2.83. The topological polar surface area (TPSA) is 59.0 Å². The number of halogens is 1. The minimum Gasteiger partial charge on any atom is -0.333 e. The fraction of sp³-hybridized carbons (Fsp3) is 0.765. The summed E-state index contributed by atoms with van der Waals surface area (Å²) in [6.07, 6.45) is 9.67. The maximum atomic E-state index is 12.4. The molecule has 0 radical (unpaired) electrons. The van der Waals surface area contributed by atoms with Gasteiger partial charge in [-0.3, -0.25) is 4.68 Å². The Kier molecular flexibility index (Phi) is 3.90. The number of aryl methyl sites for hydroxylation is 1. The van der Waals surface area contributed by atoms with Crippen molar-refractivity contribution in [3.8, 4) is 0 Å². The Hall–Kier alpha value is -1.04. The molecule has 0 aliphatic heterocycles. The molecule has 1 aromatic heterocycles. The van der Waals surface area contributed by atoms with Gasteiger partial charge in [-0.2, -0.15) is 5.10 Å². The molecule has 23 heavy (non-hydrogen) atoms. The van der Waals surface area contributed by atoms with E-state index >= 15 is 0 Å². The van der Waals surface area contributed by atoms with Crippen LogP contribution in [0.3, 0.4) is 0 Å². The van der Waals surface area contributed by atoms with Crippen molar-refractivity contribution in [1.82, 2.24) is 20.4 Å². The van der Waals surface area contributed by atoms with Gasteiger partial charge in [0, 0.05) is 18.3 Å². The lowest BCUT2D eigenvalue weighted by molar-refractivity contribution is -0.0135. The van der Waals surface area contributed by atoms with Crippen molar-refractivity contribution in [3.05, 3.63) is 16.4 Å². The standard InChI is InChI=1S/C17H25BrN4O/c1-2-22-10-14(18)15(21-22)9-19-16(23)20-17-6-11-3-12(7-17)5-13(4-11)8-17/h10-13H,2-9H2,1H3,(H2,19,20,23). The van der Waals surface area contributed by atoms with Gasteiger partial charge in [0.1, 0.15) is 0 Å². The van der Waals surface area contributed by atoms with Gasteiger partial charge >= 0.3 is 6.03 Å². The number of amides is 2. The lowest BCUT2D eigenvalue weighted by atomic mass is 9.53. The lowest BCUT2D eigenvalue weighted by Crippen LogP contribution is -2.61. The monoisotopic (exact) mass is 380 g/mol. The van der Waals surface area contributed by atoms with E-state index in [0.717, 1.165) is 34.5 Å². The van der Waals surface area contributed by atoms with E-state index in [0.29, 0.717) is 6.54 Å². The molecule has 1 aromatic rings. The van der Waals surface area contributed by atoms with Crippen LogP contribution in [0.2, 0.25) is 0 Å². The Morgan fingerprint density at radius 2 is 1.91 bits per heavy atom. The predicted octanol–water partition coefficient (Wildman–Crippen LogP) is 3.43. The van der Waals surface area contributed by atoms with E-state index < -0.39 is 0 Å². The van der Waals surface area contributed by atoms with Crippen molar-refractivity contribution in [3.63, 3.8) is 0 Å². The first-order valence-corrected chi connectivity index (χ1v) is 9.62. The Bertz CT molecular complexity index is 576. The first-order valence-electron chi connectivity index (χ1n) is 8.83. The highest BCUT2D eigenvalue weighted by atomic mass is 79.9. The van der Waals surface area contributed by atoms with Crippen LogP contribution in [-0.4, -0.2) is 21.4 Å². The predicted molar refractivity (Wildman–Crippen MR) is 91.9 cm³/mol. The Labute approximate surface area is 145 Å². The minimum absolute atomic E-state index is 0.0371. The largest absolute Gasteiger partial charge is 0.333 e. The fourth-order valence-corrected chi connectivity index (χ4v) is 5.89. The summed E-state index contributed by atoms with van der Waals surface area (Å²) in [4.78, 5) is 12.4. The number of carbonyl (C=O) groups is 1. The van der Waals surface area contributed by atoms with Gasteiger partial charge in [-0.1, -0.05) is 0 Å². The molecule has 2 amide bonds. The molecule has 126 valence electrons. The zero-order chi connectivity index (χ0) is 16.0. The van der Waals surface area contributed by atoms with Crippen LogP contribution in [0, 0.1) is 17.8 Å². The van der Waals surface area contributed by atoms with Crippen molar-refractivity contribution in [1.29, 1.82) is 0 Å². The van der Waals surface area contributed by atoms with Gasteiger partial charge in [0.15, 0.2) is 0 Å². The van der Waals surface area contributed by atoms with Gasteiger partial charge in [-0.25, -0.2) is 4.79 Å². The summed E-state index contributed by atoms with van der Waals surface area (Å²) in [6.45, 7) is 3.35. The second-order valence-electron chi connectivity index (χ2n) is 7.78. The second kappa shape index (κ2) is 5.80. The van der Waals surface area contributed by atoms with Crippen molar-refractivity contribution in [2.45, 2.75) is 64.1 Å². The van der Waals surface area contributed by atoms with Crippen LogP contribution in [0.25, 0.3) is 0 Å². The molecule has 5 rings (SSSR count). The Morgan fingerprint density at radius 3 is 2.43 bits per heavy atom. The molecular formula is C17H25BrN4O. The van der Waals surface area contributed by atoms with E-state index in [1.807, 2.05) is 10.9 Å². The fourth-order valence-electron chi connectivity index (χ4n) is 5.43. The maximum Gasteiger partial charge on any atom is 0.315 e. The zero-order valence-electron chi connectivity index (χ0n) is 13.6. The maximum absolute atomic E-state index is 12.4. The van der Waals surface area contributed by atoms with E-state index in [2.05, 4.69) is 38.6 Å². The number of rotatable bonds is 4. The van der Waals surface area contributed by atoms with Gasteiger partial charge in [0.2, 0.25) is 0 Å². The van der Waals surface area contributed by atoms with E-state index in [-0.39, 0.29) is 11.6 Å². The number of carbonyl (C=O) groups excluding carboxylic acids is 1. The molecule has 4 bridgehead atoms. The van der Waals surface area contributed by atoms with Crippen molar-refractivity contribution in [2.75, 3.05) is 0 Å². The second-order valence-corrected chi connectivity index (χ2v) is 8.64. The first-order chi connectivity index (χ1) is 11.0. The molecule has 4 aliphatic rings. The molecule has 1 heterocycles. The van der Waals surface area contributed by atoms with E-state index in [1.165, 1.54) is 38.5 Å². The summed E-state index contributed by atoms with van der Waals surface area (Å²) in [5, 5.41) is 10.8. The highest BCUT2D eigenvalue weighted by Gasteiger charge is 2.51. The average molecular weight is 381 g/mol. The Morgan fingerprint density at radius 1 is 1.30 bits per heavy atom. The molecule has 4 fully saturated rings. The van der Waals surface area contributed by atoms with E-state index in [4.69, 9.17) is 0 Å². The number of aromatic nitrogens is 2. The van der Waals surface area contributed by atoms with E-state index in [1.54, 1.807) is 0 Å². The van der Waals surface area contributed by atoms with Crippen LogP contribution in [0.4, 0.5) is 4.79 Å². The van der Waals surface area contributed by atoms with E-state index in [9.17, 15) is 4.79 Å². The molecule has 5 nitrogen and oxygen atoms in total. The third kappa shape index (κ3) is 3.02. The number of hydrogen-bond donors (Lipinski definition) is 2. The van der Waals surface area contributed by atoms with Crippen molar-refractivity contribution < 1.29 is 4.79 Å². The van der Waals surface area contributed by atoms with Crippen molar-refractivity contribution in [2.24, 2.45) is 17.8 Å². The third-order valence-corrected chi connectivity index (χ3v) is 6.61. The molecule has 0 saturated heterocycles. The molecule has 0 unspecified atom stereocenters. The first kappa shape index (κ1) is 15.5. The quantitative estimate of drug-likeness (QED) is 0.840. The molecule has 0 aromatic carbocycles. The van der Waals surface area contributed by atoms with Crippen LogP contribution < -0.4 is 10.6 Å². The summed E-state index contributed by atoms with van der Waals surface area (Å²) >= 11 is 3.51. The zero-order valence-corrected chi connectivity index (χ0v) is 15.2. The van der Waals surface area contributed by atoms with Crippen LogP contribution in [-0.2, 0) is 13.1 Å². The van der Waals surface area contributed by atoms with Crippen molar-refractivity contribution >= 4 is 22.0 Å². The molecule has 4 aliphatic carbocycles. The summed E-state index contributed by atoms with van der Waals surface area (Å²) in [5.74, 6) is 2.53. The molecule has 0 spiro atoms. The smallest absolute Gasteiger partial charge is 0.315 e. The Balaban J connectivity index is 1.36. The number of nitrogens with zero attached hydrogens (tertiary/aromatic N) is 2. The summed E-state index contributed by atoms with van der Waals surface area (Å²) in [5.41, 5.74) is 0.950. The number of nitrogens with one attached hydrogen (secondary N) is 2. The highest BCUT2D eigenvalue weighted by Crippen LogP contribution is 2.55. The minimum atomic E-state index is -0.0371. The van der Waals surface area contributed by atoms with Gasteiger partial charge < -0.3 is 10.6 Å². The van der Waals surface area contributed by atoms with Gasteiger partial charge in [-0.15, -0.1) is 0 Å². The number of urea groups is 1. The van der Waals surface area contributed by atoms with Crippen LogP contribution >= 0.6 is 15.9 Å². The van der Waals surface area contributed by atoms with Gasteiger partial charge in [0.05, 0.1) is 16.7 Å². The molecular weight excluding hydrogens is 356 g/mol. The van der Waals surface area contributed by atoms with Crippen LogP contribution in [0.15, 0.2) is 10.7 Å². The molecule has 4 saturated carbocycles. The van der Waals surface area contributed by atoms with Gasteiger partial charge in [0.25, 0.3) is 0 Å². The third-order valence-electron chi connectivity index (χ3n) is 5.94. The molecule has 6 heteroatoms. The summed E-state index contributed by atoms with van der Waals surface area (Å²) in [6, 6.07) is -0.0371. The van der Waals surface area contributed by atoms with Crippen LogP contribution in [0.1, 0.15) is 51.1 Å². The summed E-state index contributed by atoms with van der Waals surface area (Å²) < 4.78 is 2.83. The number of hydrogen-bond acceptors (Lipinski definition) is 2. The lowest BCUT2D eigenvalue weighted by Gasteiger charge is -2.56.